The molecule has 1 N–H and O–H groups in total. The van der Waals surface area contributed by atoms with E-state index >= 15 is 4.39 Å². The van der Waals surface area contributed by atoms with Gasteiger partial charge in [-0.2, -0.15) is 0 Å². The molecule has 0 unspecified atom stereocenters. The van der Waals surface area contributed by atoms with Crippen molar-refractivity contribution >= 4 is 28.7 Å². The first-order valence-electron chi connectivity index (χ1n) is 11.6. The zero-order chi connectivity index (χ0) is 25.8. The van der Waals surface area contributed by atoms with Crippen LogP contribution in [0.2, 0.25) is 0 Å². The molecule has 0 bridgehead atoms. The molecular weight excluding hydrogens is 467 g/mol. The van der Waals surface area contributed by atoms with Crippen molar-refractivity contribution < 1.29 is 23.4 Å². The van der Waals surface area contributed by atoms with Gasteiger partial charge in [0, 0.05) is 50.0 Å². The fourth-order valence-corrected chi connectivity index (χ4v) is 4.24. The van der Waals surface area contributed by atoms with E-state index in [1.807, 2.05) is 11.8 Å². The van der Waals surface area contributed by atoms with Crippen LogP contribution in [0.1, 0.15) is 22.8 Å². The average Bonchev–Trinajstić information content (AvgIpc) is 2.91. The van der Waals surface area contributed by atoms with Crippen molar-refractivity contribution in [2.45, 2.75) is 13.5 Å². The third-order valence-corrected chi connectivity index (χ3v) is 6.13. The smallest absolute Gasteiger partial charge is 0.203 e. The van der Waals surface area contributed by atoms with Gasteiger partial charge in [0.05, 0.1) is 26.7 Å². The van der Waals surface area contributed by atoms with Gasteiger partial charge in [-0.15, -0.1) is 0 Å². The molecule has 36 heavy (non-hydrogen) atoms. The summed E-state index contributed by atoms with van der Waals surface area (Å²) in [6.45, 7) is 5.17. The largest absolute Gasteiger partial charge is 0.493 e. The summed E-state index contributed by atoms with van der Waals surface area (Å²) in [5.74, 6) is 0.389. The molecule has 2 aromatic heterocycles. The third-order valence-electron chi connectivity index (χ3n) is 6.13. The average molecular weight is 497 g/mol. The van der Waals surface area contributed by atoms with Crippen LogP contribution in [0.15, 0.2) is 35.3 Å². The van der Waals surface area contributed by atoms with Crippen molar-refractivity contribution in [3.63, 3.8) is 0 Å². The number of fused-ring (bicyclic) bond motifs is 1. The Hall–Kier alpha value is -3.92. The molecule has 1 aliphatic heterocycles. The van der Waals surface area contributed by atoms with E-state index in [2.05, 4.69) is 10.3 Å². The van der Waals surface area contributed by atoms with E-state index in [-0.39, 0.29) is 22.6 Å². The number of aryl methyl sites for hydroxylation is 1. The number of aromatic nitrogens is 2. The fourth-order valence-electron chi connectivity index (χ4n) is 4.24. The number of hydrogen-bond donors (Lipinski definition) is 1. The van der Waals surface area contributed by atoms with Crippen LogP contribution >= 0.6 is 0 Å². The quantitative estimate of drug-likeness (QED) is 0.376. The first-order chi connectivity index (χ1) is 17.4. The second-order valence-electron chi connectivity index (χ2n) is 8.21. The molecule has 1 aliphatic rings. The molecule has 0 atom stereocenters. The molecule has 10 heteroatoms. The number of anilines is 1. The van der Waals surface area contributed by atoms with Crippen molar-refractivity contribution in [3.05, 3.63) is 57.6 Å². The molecule has 9 nitrogen and oxygen atoms in total. The van der Waals surface area contributed by atoms with Gasteiger partial charge >= 0.3 is 0 Å². The second-order valence-corrected chi connectivity index (χ2v) is 8.21. The normalized spacial score (nSPS) is 13.9. The number of pyridine rings is 2. The van der Waals surface area contributed by atoms with Gasteiger partial charge in [0.1, 0.15) is 5.65 Å². The highest BCUT2D eigenvalue weighted by molar-refractivity contribution is 6.07. The lowest BCUT2D eigenvalue weighted by molar-refractivity contribution is 0.104. The Morgan fingerprint density at radius 2 is 1.78 bits per heavy atom. The number of methoxy groups -OCH3 is 3. The number of hydrogen-bond acceptors (Lipinski definition) is 8. The topological polar surface area (TPSA) is 94.9 Å². The zero-order valence-corrected chi connectivity index (χ0v) is 20.8. The lowest BCUT2D eigenvalue weighted by Gasteiger charge is -2.29. The molecule has 0 radical (unpaired) electrons. The zero-order valence-electron chi connectivity index (χ0n) is 20.8. The van der Waals surface area contributed by atoms with Gasteiger partial charge < -0.3 is 29.0 Å². The van der Waals surface area contributed by atoms with E-state index in [0.717, 1.165) is 13.1 Å². The lowest BCUT2D eigenvalue weighted by Crippen LogP contribution is -2.44. The van der Waals surface area contributed by atoms with Crippen molar-refractivity contribution in [1.29, 1.82) is 0 Å². The molecule has 4 rings (SSSR count). The number of allylic oxidation sites excluding steroid dienone is 1. The Labute approximate surface area is 208 Å². The maximum Gasteiger partial charge on any atom is 0.203 e. The number of carbonyl (C=O) groups excluding carboxylic acids is 1. The van der Waals surface area contributed by atoms with Crippen molar-refractivity contribution in [3.8, 4) is 17.2 Å². The van der Waals surface area contributed by atoms with Gasteiger partial charge in [0.25, 0.3) is 0 Å². The summed E-state index contributed by atoms with van der Waals surface area (Å²) in [6.07, 6.45) is 4.36. The standard InChI is InChI=1S/C26H29FN4O5/c1-5-30-15-16(6-7-20(32)17-12-21(34-2)24(36-4)22(13-17)35-3)23(33)18-14-19(27)26(29-25(18)30)31-10-8-28-9-11-31/h6-7,12-15,28H,5,8-11H2,1-4H3/b7-6+. The highest BCUT2D eigenvalue weighted by atomic mass is 19.1. The number of carbonyl (C=O) groups is 1. The van der Waals surface area contributed by atoms with Crippen LogP contribution in [-0.2, 0) is 6.54 Å². The number of ketones is 1. The number of piperazine rings is 1. The minimum atomic E-state index is -0.543. The maximum absolute atomic E-state index is 15.0. The van der Waals surface area contributed by atoms with Gasteiger partial charge in [0.2, 0.25) is 5.75 Å². The molecule has 0 aliphatic carbocycles. The predicted octanol–water partition coefficient (Wildman–Crippen LogP) is 2.89. The van der Waals surface area contributed by atoms with Crippen LogP contribution in [-0.4, -0.2) is 62.8 Å². The summed E-state index contributed by atoms with van der Waals surface area (Å²) in [5, 5.41) is 3.39. The van der Waals surface area contributed by atoms with E-state index in [1.165, 1.54) is 51.7 Å². The van der Waals surface area contributed by atoms with E-state index in [1.54, 1.807) is 10.8 Å². The summed E-state index contributed by atoms with van der Waals surface area (Å²) in [4.78, 5) is 32.5. The Morgan fingerprint density at radius 1 is 1.11 bits per heavy atom. The number of nitrogens with one attached hydrogen (secondary N) is 1. The predicted molar refractivity (Wildman–Crippen MR) is 136 cm³/mol. The summed E-state index contributed by atoms with van der Waals surface area (Å²) in [6, 6.07) is 4.32. The molecule has 1 saturated heterocycles. The first kappa shape index (κ1) is 25.2. The maximum atomic E-state index is 15.0. The third kappa shape index (κ3) is 4.76. The van der Waals surface area contributed by atoms with Crippen LogP contribution in [0.25, 0.3) is 17.1 Å². The van der Waals surface area contributed by atoms with Crippen molar-refractivity contribution in [2.24, 2.45) is 0 Å². The lowest BCUT2D eigenvalue weighted by atomic mass is 10.1. The highest BCUT2D eigenvalue weighted by Crippen LogP contribution is 2.38. The van der Waals surface area contributed by atoms with E-state index in [9.17, 15) is 9.59 Å². The fraction of sp³-hybridized carbons (Fsp3) is 0.346. The van der Waals surface area contributed by atoms with Crippen LogP contribution in [0.3, 0.4) is 0 Å². The van der Waals surface area contributed by atoms with Gasteiger partial charge in [0.15, 0.2) is 34.3 Å². The Balaban J connectivity index is 1.72. The van der Waals surface area contributed by atoms with E-state index in [0.29, 0.717) is 48.1 Å². The Morgan fingerprint density at radius 3 is 2.36 bits per heavy atom. The Bertz CT molecular complexity index is 1350. The molecule has 0 amide bonds. The van der Waals surface area contributed by atoms with Crippen LogP contribution in [0.5, 0.6) is 17.2 Å². The van der Waals surface area contributed by atoms with Gasteiger partial charge in [-0.25, -0.2) is 9.37 Å². The van der Waals surface area contributed by atoms with Gasteiger partial charge in [-0.1, -0.05) is 0 Å². The summed E-state index contributed by atoms with van der Waals surface area (Å²) >= 11 is 0. The van der Waals surface area contributed by atoms with Gasteiger partial charge in [-0.3, -0.25) is 9.59 Å². The van der Waals surface area contributed by atoms with Crippen LogP contribution in [0, 0.1) is 5.82 Å². The molecule has 3 aromatic rings. The SMILES string of the molecule is CCn1cc(/C=C/C(=O)c2cc(OC)c(OC)c(OC)c2)c(=O)c2cc(F)c(N3CCNCC3)nc21. The van der Waals surface area contributed by atoms with Crippen LogP contribution < -0.4 is 29.9 Å². The number of ether oxygens (including phenoxy) is 3. The molecule has 1 fully saturated rings. The molecule has 0 saturated carbocycles. The first-order valence-corrected chi connectivity index (χ1v) is 11.6. The van der Waals surface area contributed by atoms with Gasteiger partial charge in [-0.05, 0) is 37.3 Å². The van der Waals surface area contributed by atoms with Crippen molar-refractivity contribution in [1.82, 2.24) is 14.9 Å². The number of rotatable bonds is 8. The van der Waals surface area contributed by atoms with Crippen LogP contribution in [0.4, 0.5) is 10.2 Å². The molecule has 190 valence electrons. The molecular formula is C26H29FN4O5. The molecule has 3 heterocycles. The van der Waals surface area contributed by atoms with Crippen molar-refractivity contribution in [2.75, 3.05) is 52.4 Å². The molecule has 1 aromatic carbocycles. The van der Waals surface area contributed by atoms with E-state index in [4.69, 9.17) is 14.2 Å². The van der Waals surface area contributed by atoms with E-state index < -0.39 is 11.2 Å². The highest BCUT2D eigenvalue weighted by Gasteiger charge is 2.20. The monoisotopic (exact) mass is 496 g/mol. The minimum absolute atomic E-state index is 0.163. The number of benzene rings is 1. The minimum Gasteiger partial charge on any atom is -0.493 e. The number of halogens is 1. The Kier molecular flexibility index (Phi) is 7.54. The summed E-state index contributed by atoms with van der Waals surface area (Å²) in [5.41, 5.74) is 0.555. The second kappa shape index (κ2) is 10.8. The number of nitrogens with zero attached hydrogens (tertiary/aromatic N) is 3. The summed E-state index contributed by atoms with van der Waals surface area (Å²) in [7, 11) is 4.40. The summed E-state index contributed by atoms with van der Waals surface area (Å²) < 4.78 is 32.7. The molecule has 0 spiro atoms.